The van der Waals surface area contributed by atoms with Crippen molar-refractivity contribution >= 4 is 11.7 Å². The monoisotopic (exact) mass is 288 g/mol. The maximum Gasteiger partial charge on any atom is 0.272 e. The Morgan fingerprint density at radius 2 is 2.05 bits per heavy atom. The number of anilines is 1. The number of carbonyl (C=O) groups excluding carboxylic acids is 1. The third-order valence-corrected chi connectivity index (χ3v) is 3.98. The summed E-state index contributed by atoms with van der Waals surface area (Å²) in [6.45, 7) is 3.35. The molecule has 7 nitrogen and oxygen atoms in total. The van der Waals surface area contributed by atoms with Crippen LogP contribution in [-0.4, -0.2) is 43.5 Å². The van der Waals surface area contributed by atoms with Crippen LogP contribution in [0.4, 0.5) is 5.82 Å². The quantitative estimate of drug-likeness (QED) is 0.893. The number of aryl methyl sites for hydroxylation is 2. The summed E-state index contributed by atoms with van der Waals surface area (Å²) in [6, 6.07) is 3.96. The summed E-state index contributed by atoms with van der Waals surface area (Å²) < 4.78 is 3.56. The topological polar surface area (TPSA) is 82.0 Å². The minimum absolute atomic E-state index is 0.0523. The molecular weight excluding hydrogens is 268 g/mol. The van der Waals surface area contributed by atoms with E-state index in [-0.39, 0.29) is 5.91 Å². The van der Waals surface area contributed by atoms with Crippen LogP contribution in [0.2, 0.25) is 0 Å². The largest absolute Gasteiger partial charge is 0.382 e. The number of nitrogen functional groups attached to an aromatic ring is 1. The van der Waals surface area contributed by atoms with E-state index < -0.39 is 0 Å². The minimum atomic E-state index is 0.0523. The normalized spacial score (nSPS) is 16.4. The molecule has 1 aliphatic heterocycles. The van der Waals surface area contributed by atoms with Crippen molar-refractivity contribution in [2.45, 2.75) is 25.8 Å². The zero-order valence-corrected chi connectivity index (χ0v) is 12.4. The maximum atomic E-state index is 12.5. The first-order chi connectivity index (χ1) is 10.0. The molecule has 0 bridgehead atoms. The molecular formula is C14H20N6O. The van der Waals surface area contributed by atoms with E-state index in [4.69, 9.17) is 5.73 Å². The Hall–Kier alpha value is -2.31. The number of piperidine rings is 1. The second kappa shape index (κ2) is 5.23. The maximum absolute atomic E-state index is 12.5. The molecule has 21 heavy (non-hydrogen) atoms. The molecule has 0 unspecified atom stereocenters. The summed E-state index contributed by atoms with van der Waals surface area (Å²) in [5.41, 5.74) is 7.16. The van der Waals surface area contributed by atoms with Crippen molar-refractivity contribution in [3.63, 3.8) is 0 Å². The molecule has 0 spiro atoms. The molecule has 7 heteroatoms. The lowest BCUT2D eigenvalue weighted by molar-refractivity contribution is 0.0679. The number of hydrogen-bond donors (Lipinski definition) is 1. The van der Waals surface area contributed by atoms with E-state index in [0.29, 0.717) is 17.6 Å². The highest BCUT2D eigenvalue weighted by atomic mass is 16.2. The van der Waals surface area contributed by atoms with E-state index in [1.807, 2.05) is 28.8 Å². The number of carbonyl (C=O) groups is 1. The predicted molar refractivity (Wildman–Crippen MR) is 78.8 cm³/mol. The van der Waals surface area contributed by atoms with Crippen LogP contribution >= 0.6 is 0 Å². The lowest BCUT2D eigenvalue weighted by atomic mass is 10.0. The molecule has 112 valence electrons. The van der Waals surface area contributed by atoms with E-state index in [1.165, 1.54) is 0 Å². The van der Waals surface area contributed by atoms with Crippen molar-refractivity contribution in [1.82, 2.24) is 24.5 Å². The molecule has 0 aliphatic carbocycles. The van der Waals surface area contributed by atoms with Crippen LogP contribution in [0.15, 0.2) is 18.3 Å². The fourth-order valence-electron chi connectivity index (χ4n) is 2.86. The highest BCUT2D eigenvalue weighted by Gasteiger charge is 2.26. The lowest BCUT2D eigenvalue weighted by Crippen LogP contribution is -2.39. The zero-order valence-electron chi connectivity index (χ0n) is 12.4. The van der Waals surface area contributed by atoms with Gasteiger partial charge in [0, 0.05) is 26.3 Å². The Balaban J connectivity index is 1.65. The Morgan fingerprint density at radius 3 is 2.57 bits per heavy atom. The molecule has 0 atom stereocenters. The van der Waals surface area contributed by atoms with Crippen molar-refractivity contribution in [3.8, 4) is 0 Å². The average molecular weight is 288 g/mol. The fraction of sp³-hybridized carbons (Fsp3) is 0.500. The number of rotatable bonds is 2. The highest BCUT2D eigenvalue weighted by Crippen LogP contribution is 2.23. The zero-order chi connectivity index (χ0) is 15.0. The first-order valence-electron chi connectivity index (χ1n) is 7.15. The van der Waals surface area contributed by atoms with Crippen LogP contribution in [-0.2, 0) is 7.05 Å². The Labute approximate surface area is 123 Å². The molecule has 1 amide bonds. The minimum Gasteiger partial charge on any atom is -0.382 e. The molecule has 0 saturated carbocycles. The predicted octanol–water partition coefficient (Wildman–Crippen LogP) is 0.985. The van der Waals surface area contributed by atoms with Gasteiger partial charge < -0.3 is 10.6 Å². The molecule has 1 fully saturated rings. The van der Waals surface area contributed by atoms with Gasteiger partial charge in [-0.15, -0.1) is 0 Å². The van der Waals surface area contributed by atoms with Crippen molar-refractivity contribution in [3.05, 3.63) is 29.7 Å². The standard InChI is InChI=1S/C14H20N6O/c1-10-9-12(18(2)16-10)14(21)19-6-3-11(4-7-19)20-8-5-13(15)17-20/h5,8-9,11H,3-4,6-7H2,1-2H3,(H2,15,17). The summed E-state index contributed by atoms with van der Waals surface area (Å²) >= 11 is 0. The van der Waals surface area contributed by atoms with Gasteiger partial charge in [0.2, 0.25) is 0 Å². The van der Waals surface area contributed by atoms with Crippen LogP contribution in [0, 0.1) is 6.92 Å². The number of likely N-dealkylation sites (tertiary alicyclic amines) is 1. The first kappa shape index (κ1) is 13.7. The molecule has 1 saturated heterocycles. The SMILES string of the molecule is Cc1cc(C(=O)N2CCC(n3ccc(N)n3)CC2)n(C)n1. The van der Waals surface area contributed by atoms with Gasteiger partial charge >= 0.3 is 0 Å². The molecule has 0 aromatic carbocycles. The van der Waals surface area contributed by atoms with Crippen molar-refractivity contribution in [2.75, 3.05) is 18.8 Å². The molecule has 2 aromatic heterocycles. The van der Waals surface area contributed by atoms with Gasteiger partial charge in [0.25, 0.3) is 5.91 Å². The highest BCUT2D eigenvalue weighted by molar-refractivity contribution is 5.92. The van der Waals surface area contributed by atoms with Crippen LogP contribution in [0.1, 0.15) is 35.1 Å². The number of nitrogens with two attached hydrogens (primary N) is 1. The van der Waals surface area contributed by atoms with Gasteiger partial charge in [-0.3, -0.25) is 14.2 Å². The number of nitrogens with zero attached hydrogens (tertiary/aromatic N) is 5. The number of aromatic nitrogens is 4. The fourth-order valence-corrected chi connectivity index (χ4v) is 2.86. The van der Waals surface area contributed by atoms with Gasteiger partial charge in [0.1, 0.15) is 11.5 Å². The Morgan fingerprint density at radius 1 is 1.33 bits per heavy atom. The van der Waals surface area contributed by atoms with E-state index in [9.17, 15) is 4.79 Å². The molecule has 3 heterocycles. The average Bonchev–Trinajstić information content (AvgIpc) is 3.04. The molecule has 2 aromatic rings. The lowest BCUT2D eigenvalue weighted by Gasteiger charge is -2.32. The van der Waals surface area contributed by atoms with Gasteiger partial charge in [0.05, 0.1) is 11.7 Å². The van der Waals surface area contributed by atoms with E-state index in [2.05, 4.69) is 10.2 Å². The summed E-state index contributed by atoms with van der Waals surface area (Å²) in [5.74, 6) is 0.593. The summed E-state index contributed by atoms with van der Waals surface area (Å²) in [5, 5.41) is 8.49. The molecule has 1 aliphatic rings. The molecule has 3 rings (SSSR count). The van der Waals surface area contributed by atoms with Gasteiger partial charge in [-0.05, 0) is 31.9 Å². The Kier molecular flexibility index (Phi) is 3.40. The summed E-state index contributed by atoms with van der Waals surface area (Å²) in [6.07, 6.45) is 3.69. The van der Waals surface area contributed by atoms with Gasteiger partial charge in [-0.2, -0.15) is 10.2 Å². The van der Waals surface area contributed by atoms with Crippen LogP contribution in [0.25, 0.3) is 0 Å². The number of amides is 1. The van der Waals surface area contributed by atoms with Crippen LogP contribution in [0.5, 0.6) is 0 Å². The second-order valence-corrected chi connectivity index (χ2v) is 5.54. The van der Waals surface area contributed by atoms with E-state index in [1.54, 1.807) is 17.8 Å². The van der Waals surface area contributed by atoms with E-state index in [0.717, 1.165) is 31.6 Å². The van der Waals surface area contributed by atoms with Crippen LogP contribution in [0.3, 0.4) is 0 Å². The third kappa shape index (κ3) is 2.63. The first-order valence-corrected chi connectivity index (χ1v) is 7.15. The van der Waals surface area contributed by atoms with Gasteiger partial charge in [-0.25, -0.2) is 0 Å². The molecule has 2 N–H and O–H groups in total. The van der Waals surface area contributed by atoms with Crippen molar-refractivity contribution < 1.29 is 4.79 Å². The van der Waals surface area contributed by atoms with Crippen molar-refractivity contribution in [2.24, 2.45) is 7.05 Å². The summed E-state index contributed by atoms with van der Waals surface area (Å²) in [7, 11) is 1.81. The van der Waals surface area contributed by atoms with E-state index >= 15 is 0 Å². The smallest absolute Gasteiger partial charge is 0.272 e. The van der Waals surface area contributed by atoms with Crippen LogP contribution < -0.4 is 5.73 Å². The molecule has 0 radical (unpaired) electrons. The van der Waals surface area contributed by atoms with Crippen molar-refractivity contribution in [1.29, 1.82) is 0 Å². The number of hydrogen-bond acceptors (Lipinski definition) is 4. The van der Waals surface area contributed by atoms with Gasteiger partial charge in [0.15, 0.2) is 0 Å². The third-order valence-electron chi connectivity index (χ3n) is 3.98. The Bertz CT molecular complexity index is 650. The summed E-state index contributed by atoms with van der Waals surface area (Å²) in [4.78, 5) is 14.4. The second-order valence-electron chi connectivity index (χ2n) is 5.54. The van der Waals surface area contributed by atoms with Gasteiger partial charge in [-0.1, -0.05) is 0 Å².